The van der Waals surface area contributed by atoms with Crippen LogP contribution in [0.5, 0.6) is 0 Å². The zero-order valence-corrected chi connectivity index (χ0v) is 15.0. The number of fused-ring (bicyclic) bond motifs is 1. The molecule has 0 saturated heterocycles. The van der Waals surface area contributed by atoms with Gasteiger partial charge in [-0.05, 0) is 31.7 Å². The van der Waals surface area contributed by atoms with Crippen molar-refractivity contribution < 1.29 is 5.11 Å². The van der Waals surface area contributed by atoms with Crippen LogP contribution in [-0.2, 0) is 13.6 Å². The Bertz CT molecular complexity index is 993. The highest BCUT2D eigenvalue weighted by molar-refractivity contribution is 5.72. The molecule has 0 aliphatic heterocycles. The molecular formula is C19H23N5O2. The van der Waals surface area contributed by atoms with E-state index in [4.69, 9.17) is 0 Å². The van der Waals surface area contributed by atoms with Crippen LogP contribution in [0.1, 0.15) is 30.7 Å². The van der Waals surface area contributed by atoms with Gasteiger partial charge < -0.3 is 15.0 Å². The highest BCUT2D eigenvalue weighted by atomic mass is 16.3. The second-order valence-corrected chi connectivity index (χ2v) is 6.95. The van der Waals surface area contributed by atoms with E-state index in [9.17, 15) is 9.90 Å². The van der Waals surface area contributed by atoms with E-state index in [1.54, 1.807) is 7.05 Å². The number of aromatic nitrogens is 4. The first-order chi connectivity index (χ1) is 12.5. The molecule has 136 valence electrons. The summed E-state index contributed by atoms with van der Waals surface area (Å²) in [6.45, 7) is 2.46. The molecule has 2 aromatic heterocycles. The van der Waals surface area contributed by atoms with Crippen molar-refractivity contribution in [2.24, 2.45) is 7.05 Å². The lowest BCUT2D eigenvalue weighted by Gasteiger charge is -2.18. The summed E-state index contributed by atoms with van der Waals surface area (Å²) in [5.41, 5.74) is 1.91. The fourth-order valence-corrected chi connectivity index (χ4v) is 3.63. The topological polar surface area (TPSA) is 85.0 Å². The number of hydrogen-bond donors (Lipinski definition) is 2. The maximum atomic E-state index is 13.0. The Morgan fingerprint density at radius 1 is 1.23 bits per heavy atom. The van der Waals surface area contributed by atoms with Crippen molar-refractivity contribution in [3.63, 3.8) is 0 Å². The van der Waals surface area contributed by atoms with Gasteiger partial charge in [0.15, 0.2) is 11.2 Å². The second-order valence-electron chi connectivity index (χ2n) is 6.95. The number of imidazole rings is 1. The van der Waals surface area contributed by atoms with Gasteiger partial charge in [0.2, 0.25) is 5.95 Å². The number of rotatable bonds is 4. The molecule has 4 rings (SSSR count). The van der Waals surface area contributed by atoms with Crippen LogP contribution < -0.4 is 10.9 Å². The molecule has 7 nitrogen and oxygen atoms in total. The fraction of sp³-hybridized carbons (Fsp3) is 0.421. The largest absolute Gasteiger partial charge is 0.391 e. The lowest BCUT2D eigenvalue weighted by atomic mass is 10.2. The van der Waals surface area contributed by atoms with Crippen molar-refractivity contribution in [2.45, 2.75) is 44.9 Å². The minimum atomic E-state index is -0.403. The summed E-state index contributed by atoms with van der Waals surface area (Å²) in [6.07, 6.45) is 2.22. The van der Waals surface area contributed by atoms with Crippen LogP contribution in [0.4, 0.5) is 5.95 Å². The third kappa shape index (κ3) is 2.88. The molecule has 2 heterocycles. The van der Waals surface area contributed by atoms with Gasteiger partial charge in [-0.15, -0.1) is 0 Å². The molecule has 0 amide bonds. The van der Waals surface area contributed by atoms with Crippen molar-refractivity contribution in [3.05, 3.63) is 52.1 Å². The summed E-state index contributed by atoms with van der Waals surface area (Å²) < 4.78 is 3.42. The van der Waals surface area contributed by atoms with Crippen LogP contribution in [0.15, 0.2) is 35.1 Å². The molecular weight excluding hydrogens is 330 g/mol. The monoisotopic (exact) mass is 353 g/mol. The van der Waals surface area contributed by atoms with Gasteiger partial charge in [0.1, 0.15) is 5.82 Å². The van der Waals surface area contributed by atoms with Crippen molar-refractivity contribution in [1.29, 1.82) is 0 Å². The second kappa shape index (κ2) is 6.57. The third-order valence-corrected chi connectivity index (χ3v) is 5.15. The first kappa shape index (κ1) is 16.8. The van der Waals surface area contributed by atoms with Crippen LogP contribution >= 0.6 is 0 Å². The van der Waals surface area contributed by atoms with E-state index in [1.165, 1.54) is 4.57 Å². The van der Waals surface area contributed by atoms with E-state index >= 15 is 0 Å². The number of aliphatic hydroxyl groups is 1. The van der Waals surface area contributed by atoms with E-state index in [0.29, 0.717) is 23.7 Å². The lowest BCUT2D eigenvalue weighted by Crippen LogP contribution is -2.32. The van der Waals surface area contributed by atoms with Crippen LogP contribution in [0.25, 0.3) is 11.2 Å². The molecule has 7 heteroatoms. The van der Waals surface area contributed by atoms with Crippen molar-refractivity contribution >= 4 is 17.1 Å². The minimum Gasteiger partial charge on any atom is -0.391 e. The zero-order valence-electron chi connectivity index (χ0n) is 15.0. The number of nitrogens with one attached hydrogen (secondary N) is 1. The fourth-order valence-electron chi connectivity index (χ4n) is 3.63. The zero-order chi connectivity index (χ0) is 18.3. The molecule has 26 heavy (non-hydrogen) atoms. The summed E-state index contributed by atoms with van der Waals surface area (Å²) in [5.74, 6) is 1.21. The van der Waals surface area contributed by atoms with Crippen LogP contribution in [0.2, 0.25) is 0 Å². The van der Waals surface area contributed by atoms with Gasteiger partial charge in [0.25, 0.3) is 5.56 Å². The molecule has 0 unspecified atom stereocenters. The van der Waals surface area contributed by atoms with Crippen LogP contribution in [0.3, 0.4) is 0 Å². The normalized spacial score (nSPS) is 20.0. The summed E-state index contributed by atoms with van der Waals surface area (Å²) >= 11 is 0. The standard InChI is InChI=1S/C19H23N5O2/c1-12-20-17-16(24(12)11-13-7-4-3-5-8-13)18(26)23(2)19(22-17)21-14-9-6-10-15(14)25/h3-5,7-8,14-15,25H,6,9-11H2,1-2H3,(H,21,22)/t14-,15-/m1/s1. The smallest absolute Gasteiger partial charge is 0.280 e. The average Bonchev–Trinajstić information content (AvgIpc) is 3.17. The van der Waals surface area contributed by atoms with Crippen molar-refractivity contribution in [3.8, 4) is 0 Å². The van der Waals surface area contributed by atoms with Crippen molar-refractivity contribution in [2.75, 3.05) is 5.32 Å². The first-order valence-electron chi connectivity index (χ1n) is 8.97. The van der Waals surface area contributed by atoms with E-state index in [0.717, 1.165) is 30.7 Å². The van der Waals surface area contributed by atoms with Gasteiger partial charge in [0, 0.05) is 13.6 Å². The van der Waals surface area contributed by atoms with Crippen molar-refractivity contribution in [1.82, 2.24) is 19.1 Å². The molecule has 1 aromatic carbocycles. The number of nitrogens with zero attached hydrogens (tertiary/aromatic N) is 4. The number of aliphatic hydroxyl groups excluding tert-OH is 1. The van der Waals surface area contributed by atoms with E-state index < -0.39 is 6.10 Å². The Balaban J connectivity index is 1.76. The van der Waals surface area contributed by atoms with Gasteiger partial charge in [-0.1, -0.05) is 30.3 Å². The summed E-state index contributed by atoms with van der Waals surface area (Å²) in [6, 6.07) is 9.92. The highest BCUT2D eigenvalue weighted by Gasteiger charge is 2.27. The number of benzene rings is 1. The Labute approximate surface area is 151 Å². The maximum Gasteiger partial charge on any atom is 0.280 e. The molecule has 1 aliphatic carbocycles. The number of hydrogen-bond acceptors (Lipinski definition) is 5. The molecule has 2 atom stereocenters. The minimum absolute atomic E-state index is 0.0712. The van der Waals surface area contributed by atoms with Gasteiger partial charge in [-0.2, -0.15) is 4.98 Å². The summed E-state index contributed by atoms with van der Waals surface area (Å²) in [7, 11) is 1.70. The van der Waals surface area contributed by atoms with E-state index in [-0.39, 0.29) is 11.6 Å². The van der Waals surface area contributed by atoms with Gasteiger partial charge in [-0.3, -0.25) is 9.36 Å². The Morgan fingerprint density at radius 2 is 2.00 bits per heavy atom. The molecule has 0 spiro atoms. The average molecular weight is 353 g/mol. The Morgan fingerprint density at radius 3 is 2.69 bits per heavy atom. The van der Waals surface area contributed by atoms with Gasteiger partial charge in [-0.25, -0.2) is 4.98 Å². The number of anilines is 1. The quantitative estimate of drug-likeness (QED) is 0.747. The highest BCUT2D eigenvalue weighted by Crippen LogP contribution is 2.22. The molecule has 1 saturated carbocycles. The number of aryl methyl sites for hydroxylation is 1. The SMILES string of the molecule is Cc1nc2nc(N[C@@H]3CCC[C@H]3O)n(C)c(=O)c2n1Cc1ccccc1. The Kier molecular flexibility index (Phi) is 4.24. The maximum absolute atomic E-state index is 13.0. The van der Waals surface area contributed by atoms with Crippen LogP contribution in [0, 0.1) is 6.92 Å². The molecule has 0 radical (unpaired) electrons. The van der Waals surface area contributed by atoms with Gasteiger partial charge >= 0.3 is 0 Å². The van der Waals surface area contributed by atoms with Gasteiger partial charge in [0.05, 0.1) is 12.1 Å². The van der Waals surface area contributed by atoms with E-state index in [2.05, 4.69) is 15.3 Å². The molecule has 3 aromatic rings. The molecule has 1 fully saturated rings. The summed E-state index contributed by atoms with van der Waals surface area (Å²) in [4.78, 5) is 22.1. The third-order valence-electron chi connectivity index (χ3n) is 5.15. The lowest BCUT2D eigenvalue weighted by molar-refractivity contribution is 0.171. The molecule has 2 N–H and O–H groups in total. The summed E-state index contributed by atoms with van der Waals surface area (Å²) in [5, 5.41) is 13.3. The first-order valence-corrected chi connectivity index (χ1v) is 8.97. The van der Waals surface area contributed by atoms with E-state index in [1.807, 2.05) is 41.8 Å². The predicted octanol–water partition coefficient (Wildman–Crippen LogP) is 1.81. The van der Waals surface area contributed by atoms with Crippen LogP contribution in [-0.4, -0.2) is 36.4 Å². The Hall–Kier alpha value is -2.67. The molecule has 1 aliphatic rings. The predicted molar refractivity (Wildman–Crippen MR) is 100 cm³/mol. The molecule has 0 bridgehead atoms.